The van der Waals surface area contributed by atoms with Crippen molar-refractivity contribution < 1.29 is 14.7 Å². The van der Waals surface area contributed by atoms with Crippen molar-refractivity contribution in [2.45, 2.75) is 38.6 Å². The first-order valence-electron chi connectivity index (χ1n) is 6.58. The number of hydrogen-bond donors (Lipinski definition) is 2. The first-order chi connectivity index (χ1) is 9.12. The summed E-state index contributed by atoms with van der Waals surface area (Å²) in [4.78, 5) is 27.1. The number of nitrogens with zero attached hydrogens (tertiary/aromatic N) is 2. The van der Waals surface area contributed by atoms with Crippen molar-refractivity contribution >= 4 is 11.9 Å². The van der Waals surface area contributed by atoms with Crippen molar-refractivity contribution in [3.63, 3.8) is 0 Å². The molecule has 0 spiro atoms. The Kier molecular flexibility index (Phi) is 4.19. The van der Waals surface area contributed by atoms with Gasteiger partial charge in [-0.1, -0.05) is 12.8 Å². The van der Waals surface area contributed by atoms with Gasteiger partial charge in [0.05, 0.1) is 11.7 Å². The molecule has 6 nitrogen and oxygen atoms in total. The number of imidazole rings is 1. The van der Waals surface area contributed by atoms with Crippen LogP contribution in [-0.4, -0.2) is 33.1 Å². The minimum atomic E-state index is -0.838. The molecule has 0 aromatic carbocycles. The van der Waals surface area contributed by atoms with Crippen LogP contribution in [0.25, 0.3) is 0 Å². The van der Waals surface area contributed by atoms with E-state index in [0.29, 0.717) is 25.9 Å². The molecule has 6 heteroatoms. The van der Waals surface area contributed by atoms with Gasteiger partial charge in [0.25, 0.3) is 0 Å². The van der Waals surface area contributed by atoms with Gasteiger partial charge in [-0.25, -0.2) is 4.98 Å². The van der Waals surface area contributed by atoms with E-state index >= 15 is 0 Å². The van der Waals surface area contributed by atoms with Crippen molar-refractivity contribution in [1.29, 1.82) is 0 Å². The van der Waals surface area contributed by atoms with Crippen LogP contribution in [0.5, 0.6) is 0 Å². The first kappa shape index (κ1) is 13.6. The molecule has 0 aliphatic heterocycles. The van der Waals surface area contributed by atoms with Gasteiger partial charge >= 0.3 is 5.97 Å². The van der Waals surface area contributed by atoms with Crippen LogP contribution in [0, 0.1) is 5.41 Å². The maximum Gasteiger partial charge on any atom is 0.310 e. The second kappa shape index (κ2) is 5.86. The quantitative estimate of drug-likeness (QED) is 0.804. The number of carboxylic acids is 1. The Hall–Kier alpha value is -1.85. The molecule has 2 N–H and O–H groups in total. The SMILES string of the molecule is O=C(CC1(C(=O)O)CCCC1)NCCn1ccnc1. The van der Waals surface area contributed by atoms with Gasteiger partial charge in [-0.2, -0.15) is 0 Å². The molecule has 0 atom stereocenters. The molecule has 1 saturated carbocycles. The fourth-order valence-corrected chi connectivity index (χ4v) is 2.63. The molecule has 0 unspecified atom stereocenters. The molecule has 1 aromatic rings. The van der Waals surface area contributed by atoms with Gasteiger partial charge < -0.3 is 15.0 Å². The minimum absolute atomic E-state index is 0.0895. The number of aromatic nitrogens is 2. The van der Waals surface area contributed by atoms with E-state index in [4.69, 9.17) is 0 Å². The summed E-state index contributed by atoms with van der Waals surface area (Å²) in [5.74, 6) is -1.01. The molecule has 0 radical (unpaired) electrons. The van der Waals surface area contributed by atoms with E-state index in [-0.39, 0.29) is 12.3 Å². The van der Waals surface area contributed by atoms with Gasteiger partial charge in [-0.15, -0.1) is 0 Å². The molecule has 104 valence electrons. The zero-order valence-electron chi connectivity index (χ0n) is 10.8. The summed E-state index contributed by atoms with van der Waals surface area (Å²) < 4.78 is 1.86. The highest BCUT2D eigenvalue weighted by Gasteiger charge is 2.42. The summed E-state index contributed by atoms with van der Waals surface area (Å²) in [6.45, 7) is 1.14. The third kappa shape index (κ3) is 3.33. The highest BCUT2D eigenvalue weighted by Crippen LogP contribution is 2.41. The number of nitrogens with one attached hydrogen (secondary N) is 1. The van der Waals surface area contributed by atoms with Gasteiger partial charge in [-0.05, 0) is 12.8 Å². The number of amides is 1. The Morgan fingerprint density at radius 3 is 2.68 bits per heavy atom. The van der Waals surface area contributed by atoms with E-state index in [1.54, 1.807) is 12.5 Å². The highest BCUT2D eigenvalue weighted by molar-refractivity contribution is 5.85. The van der Waals surface area contributed by atoms with Gasteiger partial charge in [0.2, 0.25) is 5.91 Å². The zero-order chi connectivity index (χ0) is 13.7. The van der Waals surface area contributed by atoms with E-state index in [1.807, 2.05) is 10.8 Å². The van der Waals surface area contributed by atoms with Crippen LogP contribution in [0.1, 0.15) is 32.1 Å². The third-order valence-electron chi connectivity index (χ3n) is 3.76. The number of carbonyl (C=O) groups excluding carboxylic acids is 1. The van der Waals surface area contributed by atoms with Crippen LogP contribution < -0.4 is 5.32 Å². The van der Waals surface area contributed by atoms with Crippen molar-refractivity contribution in [2.24, 2.45) is 5.41 Å². The van der Waals surface area contributed by atoms with Crippen molar-refractivity contribution in [3.8, 4) is 0 Å². The van der Waals surface area contributed by atoms with E-state index < -0.39 is 11.4 Å². The Morgan fingerprint density at radius 1 is 1.37 bits per heavy atom. The number of rotatable bonds is 6. The summed E-state index contributed by atoms with van der Waals surface area (Å²) in [5.41, 5.74) is -0.834. The largest absolute Gasteiger partial charge is 0.481 e. The summed E-state index contributed by atoms with van der Waals surface area (Å²) in [5, 5.41) is 12.1. The van der Waals surface area contributed by atoms with Crippen molar-refractivity contribution in [1.82, 2.24) is 14.9 Å². The Balaban J connectivity index is 1.78. The molecular weight excluding hydrogens is 246 g/mol. The van der Waals surface area contributed by atoms with E-state index in [0.717, 1.165) is 12.8 Å². The predicted octanol–water partition coefficient (Wildman–Crippen LogP) is 1.03. The van der Waals surface area contributed by atoms with Crippen molar-refractivity contribution in [2.75, 3.05) is 6.54 Å². The van der Waals surface area contributed by atoms with E-state index in [9.17, 15) is 14.7 Å². The number of hydrogen-bond acceptors (Lipinski definition) is 3. The Labute approximate surface area is 111 Å². The molecule has 19 heavy (non-hydrogen) atoms. The summed E-state index contributed by atoms with van der Waals surface area (Å²) in [7, 11) is 0. The average Bonchev–Trinajstić information content (AvgIpc) is 3.00. The fourth-order valence-electron chi connectivity index (χ4n) is 2.63. The maximum atomic E-state index is 11.8. The van der Waals surface area contributed by atoms with E-state index in [2.05, 4.69) is 10.3 Å². The topological polar surface area (TPSA) is 84.2 Å². The lowest BCUT2D eigenvalue weighted by molar-refractivity contribution is -0.151. The lowest BCUT2D eigenvalue weighted by atomic mass is 9.82. The fraction of sp³-hybridized carbons (Fsp3) is 0.615. The van der Waals surface area contributed by atoms with Crippen LogP contribution in [-0.2, 0) is 16.1 Å². The molecule has 1 aliphatic carbocycles. The summed E-state index contributed by atoms with van der Waals surface area (Å²) in [6.07, 6.45) is 8.29. The van der Waals surface area contributed by atoms with Gasteiger partial charge in [0.15, 0.2) is 0 Å². The van der Waals surface area contributed by atoms with Gasteiger partial charge in [0.1, 0.15) is 0 Å². The Morgan fingerprint density at radius 2 is 2.11 bits per heavy atom. The molecule has 1 aliphatic rings. The molecule has 0 bridgehead atoms. The molecule has 1 heterocycles. The number of carbonyl (C=O) groups is 2. The monoisotopic (exact) mass is 265 g/mol. The standard InChI is InChI=1S/C13H19N3O3/c17-11(15-6-8-16-7-5-14-10-16)9-13(12(18)19)3-1-2-4-13/h5,7,10H,1-4,6,8-9H2,(H,15,17)(H,18,19). The third-order valence-corrected chi connectivity index (χ3v) is 3.76. The van der Waals surface area contributed by atoms with Crippen LogP contribution >= 0.6 is 0 Å². The molecule has 1 amide bonds. The predicted molar refractivity (Wildman–Crippen MR) is 68.4 cm³/mol. The second-order valence-electron chi connectivity index (χ2n) is 5.12. The van der Waals surface area contributed by atoms with Crippen LogP contribution in [0.3, 0.4) is 0 Å². The van der Waals surface area contributed by atoms with E-state index in [1.165, 1.54) is 0 Å². The summed E-state index contributed by atoms with van der Waals surface area (Å²) in [6, 6.07) is 0. The lowest BCUT2D eigenvalue weighted by Gasteiger charge is -2.22. The van der Waals surface area contributed by atoms with Crippen LogP contribution in [0.2, 0.25) is 0 Å². The smallest absolute Gasteiger partial charge is 0.310 e. The van der Waals surface area contributed by atoms with Gasteiger partial charge in [-0.3, -0.25) is 9.59 Å². The molecule has 0 saturated heterocycles. The average molecular weight is 265 g/mol. The first-order valence-corrected chi connectivity index (χ1v) is 6.58. The molecule has 1 fully saturated rings. The lowest BCUT2D eigenvalue weighted by Crippen LogP contribution is -2.36. The van der Waals surface area contributed by atoms with Crippen molar-refractivity contribution in [3.05, 3.63) is 18.7 Å². The number of aliphatic carboxylic acids is 1. The highest BCUT2D eigenvalue weighted by atomic mass is 16.4. The minimum Gasteiger partial charge on any atom is -0.481 e. The normalized spacial score (nSPS) is 17.3. The van der Waals surface area contributed by atoms with Crippen LogP contribution in [0.4, 0.5) is 0 Å². The molecular formula is C13H19N3O3. The molecule has 2 rings (SSSR count). The maximum absolute atomic E-state index is 11.8. The summed E-state index contributed by atoms with van der Waals surface area (Å²) >= 11 is 0. The zero-order valence-corrected chi connectivity index (χ0v) is 10.8. The molecule has 1 aromatic heterocycles. The van der Waals surface area contributed by atoms with Gasteiger partial charge in [0, 0.05) is 31.9 Å². The van der Waals surface area contributed by atoms with Crippen LogP contribution in [0.15, 0.2) is 18.7 Å². The second-order valence-corrected chi connectivity index (χ2v) is 5.12. The number of carboxylic acid groups (broad SMARTS) is 1. The Bertz CT molecular complexity index is 436.